The van der Waals surface area contributed by atoms with Gasteiger partial charge in [0, 0.05) is 33.3 Å². The number of methoxy groups -OCH3 is 1. The van der Waals surface area contributed by atoms with Crippen molar-refractivity contribution in [2.45, 2.75) is 85.5 Å². The van der Waals surface area contributed by atoms with Crippen LogP contribution in [0.15, 0.2) is 45.8 Å². The number of carbonyl (C=O) groups excluding carboxylic acids is 4. The van der Waals surface area contributed by atoms with Crippen LogP contribution in [0.2, 0.25) is 0 Å². The number of ether oxygens (including phenoxy) is 3. The predicted molar refractivity (Wildman–Crippen MR) is 146 cm³/mol. The first-order chi connectivity index (χ1) is 19.2. The van der Waals surface area contributed by atoms with Crippen molar-refractivity contribution in [3.63, 3.8) is 0 Å². The summed E-state index contributed by atoms with van der Waals surface area (Å²) in [6, 6.07) is 1.80. The SMILES string of the molecule is CC=C(C)C(=O)OC1C2CC3=C4CC(=O)OC(c5ccoc5)C4(C)CCC3C(C)(C2=O)C(C(O)C(=O)OC)C1(C)C. The molecule has 3 fully saturated rings. The van der Waals surface area contributed by atoms with Gasteiger partial charge in [-0.25, -0.2) is 9.59 Å². The number of fused-ring (bicyclic) bond motifs is 5. The van der Waals surface area contributed by atoms with E-state index >= 15 is 0 Å². The molecule has 9 heteroatoms. The zero-order valence-electron chi connectivity index (χ0n) is 24.8. The summed E-state index contributed by atoms with van der Waals surface area (Å²) in [4.78, 5) is 53.5. The molecular formula is C32H40O9. The van der Waals surface area contributed by atoms with Gasteiger partial charge in [-0.1, -0.05) is 39.3 Å². The third-order valence-corrected chi connectivity index (χ3v) is 10.8. The van der Waals surface area contributed by atoms with Crippen LogP contribution in [-0.2, 0) is 33.4 Å². The summed E-state index contributed by atoms with van der Waals surface area (Å²) in [6.07, 6.45) is 3.34. The number of allylic oxidation sites excluding steroid dienone is 2. The highest BCUT2D eigenvalue weighted by molar-refractivity contribution is 5.94. The highest BCUT2D eigenvalue weighted by atomic mass is 16.6. The van der Waals surface area contributed by atoms with Gasteiger partial charge < -0.3 is 23.7 Å². The maximum absolute atomic E-state index is 14.5. The van der Waals surface area contributed by atoms with E-state index in [9.17, 15) is 24.3 Å². The van der Waals surface area contributed by atoms with Crippen LogP contribution in [0.3, 0.4) is 0 Å². The van der Waals surface area contributed by atoms with Crippen LogP contribution in [0.25, 0.3) is 0 Å². The van der Waals surface area contributed by atoms with E-state index in [4.69, 9.17) is 18.6 Å². The van der Waals surface area contributed by atoms with Crippen LogP contribution in [0.1, 0.15) is 78.9 Å². The molecule has 0 radical (unpaired) electrons. The monoisotopic (exact) mass is 568 g/mol. The van der Waals surface area contributed by atoms with Gasteiger partial charge in [0.1, 0.15) is 18.0 Å². The summed E-state index contributed by atoms with van der Waals surface area (Å²) in [5, 5.41) is 11.5. The molecule has 3 aliphatic carbocycles. The number of rotatable bonds is 5. The summed E-state index contributed by atoms with van der Waals surface area (Å²) in [7, 11) is 1.20. The molecule has 2 heterocycles. The summed E-state index contributed by atoms with van der Waals surface area (Å²) >= 11 is 0. The van der Waals surface area contributed by atoms with Gasteiger partial charge in [0.05, 0.1) is 32.0 Å². The number of aliphatic hydroxyl groups is 1. The van der Waals surface area contributed by atoms with E-state index in [-0.39, 0.29) is 24.1 Å². The molecule has 1 aromatic rings. The molecule has 9 nitrogen and oxygen atoms in total. The second-order valence-electron chi connectivity index (χ2n) is 13.1. The number of hydrogen-bond donors (Lipinski definition) is 1. The van der Waals surface area contributed by atoms with E-state index in [0.29, 0.717) is 24.8 Å². The van der Waals surface area contributed by atoms with E-state index in [2.05, 4.69) is 6.92 Å². The van der Waals surface area contributed by atoms with Gasteiger partial charge in [0.25, 0.3) is 0 Å². The third kappa shape index (κ3) is 4.14. The molecular weight excluding hydrogens is 528 g/mol. The molecule has 222 valence electrons. The van der Waals surface area contributed by atoms with Crippen LogP contribution in [0.5, 0.6) is 0 Å². The fourth-order valence-corrected chi connectivity index (χ4v) is 8.72. The van der Waals surface area contributed by atoms with Gasteiger partial charge in [-0.15, -0.1) is 0 Å². The summed E-state index contributed by atoms with van der Waals surface area (Å²) in [6.45, 7) is 11.0. The van der Waals surface area contributed by atoms with Crippen LogP contribution in [-0.4, -0.2) is 48.1 Å². The standard InChI is InChI=1S/C32H40O9/c1-8-16(2)28(36)41-27-19-13-18-20(32(6,25(19)35)24(30(27,3)4)23(34)29(37)38-7)9-11-31(5)21(18)14-22(33)40-26(31)17-10-12-39-15-17/h8,10,12,15,19-20,23-24,26-27,34H,9,11,13-14H2,1-7H3. The highest BCUT2D eigenvalue weighted by Gasteiger charge is 2.70. The Morgan fingerprint density at radius 2 is 1.90 bits per heavy atom. The number of cyclic esters (lactones) is 1. The second-order valence-corrected chi connectivity index (χ2v) is 13.1. The van der Waals surface area contributed by atoms with Gasteiger partial charge >= 0.3 is 17.9 Å². The average molecular weight is 569 g/mol. The fraction of sp³-hybridized carbons (Fsp3) is 0.625. The number of esters is 3. The minimum absolute atomic E-state index is 0.0867. The lowest BCUT2D eigenvalue weighted by atomic mass is 9.40. The van der Waals surface area contributed by atoms with Gasteiger partial charge in [-0.05, 0) is 50.7 Å². The third-order valence-electron chi connectivity index (χ3n) is 10.8. The minimum Gasteiger partial charge on any atom is -0.472 e. The number of carbonyl (C=O) groups is 4. The Bertz CT molecular complexity index is 1330. The minimum atomic E-state index is -1.62. The first-order valence-corrected chi connectivity index (χ1v) is 14.3. The van der Waals surface area contributed by atoms with Gasteiger partial charge in [0.2, 0.25) is 0 Å². The lowest BCUT2D eigenvalue weighted by Gasteiger charge is -2.64. The summed E-state index contributed by atoms with van der Waals surface area (Å²) < 4.78 is 22.3. The molecule has 0 aromatic carbocycles. The lowest BCUT2D eigenvalue weighted by molar-refractivity contribution is -0.211. The van der Waals surface area contributed by atoms with Gasteiger partial charge in [-0.2, -0.15) is 0 Å². The molecule has 2 saturated carbocycles. The maximum atomic E-state index is 14.5. The number of hydrogen-bond acceptors (Lipinski definition) is 9. The second kappa shape index (κ2) is 9.96. The van der Waals surface area contributed by atoms with E-state index in [0.717, 1.165) is 16.7 Å². The first kappa shape index (κ1) is 29.3. The zero-order valence-corrected chi connectivity index (χ0v) is 24.8. The largest absolute Gasteiger partial charge is 0.472 e. The smallest absolute Gasteiger partial charge is 0.335 e. The fourth-order valence-electron chi connectivity index (χ4n) is 8.72. The molecule has 1 saturated heterocycles. The summed E-state index contributed by atoms with van der Waals surface area (Å²) in [5.41, 5.74) is 0.392. The van der Waals surface area contributed by atoms with Crippen molar-refractivity contribution in [1.29, 1.82) is 0 Å². The molecule has 8 unspecified atom stereocenters. The van der Waals surface area contributed by atoms with Crippen molar-refractivity contribution in [1.82, 2.24) is 0 Å². The van der Waals surface area contributed by atoms with Crippen LogP contribution in [0.4, 0.5) is 0 Å². The van der Waals surface area contributed by atoms with Gasteiger partial charge in [0.15, 0.2) is 6.10 Å². The van der Waals surface area contributed by atoms with E-state index in [1.54, 1.807) is 38.5 Å². The molecule has 1 N–H and O–H groups in total. The molecule has 0 amide bonds. The van der Waals surface area contributed by atoms with Crippen LogP contribution >= 0.6 is 0 Å². The van der Waals surface area contributed by atoms with Crippen molar-refractivity contribution >= 4 is 23.7 Å². The highest BCUT2D eigenvalue weighted by Crippen LogP contribution is 2.68. The molecule has 4 aliphatic rings. The first-order valence-electron chi connectivity index (χ1n) is 14.3. The normalized spacial score (nSPS) is 37.0. The Kier molecular flexibility index (Phi) is 7.12. The topological polar surface area (TPSA) is 129 Å². The average Bonchev–Trinajstić information content (AvgIpc) is 3.46. The Morgan fingerprint density at radius 1 is 1.20 bits per heavy atom. The Hall–Kier alpha value is -3.20. The lowest BCUT2D eigenvalue weighted by Crippen LogP contribution is -2.69. The van der Waals surface area contributed by atoms with Crippen molar-refractivity contribution in [3.8, 4) is 0 Å². The quantitative estimate of drug-likeness (QED) is 0.234. The van der Waals surface area contributed by atoms with Crippen molar-refractivity contribution in [2.75, 3.05) is 7.11 Å². The van der Waals surface area contributed by atoms with E-state index in [1.165, 1.54) is 7.11 Å². The molecule has 5 rings (SSSR count). The Labute approximate surface area is 240 Å². The van der Waals surface area contributed by atoms with Crippen LogP contribution < -0.4 is 0 Å². The molecule has 0 spiro atoms. The maximum Gasteiger partial charge on any atom is 0.335 e. The molecule has 2 bridgehead atoms. The number of furan rings is 1. The number of Topliss-reactive ketones (excluding diaryl/α,β-unsaturated/α-hetero) is 1. The number of aliphatic hydroxyl groups excluding tert-OH is 1. The molecule has 1 aliphatic heterocycles. The predicted octanol–water partition coefficient (Wildman–Crippen LogP) is 4.64. The molecule has 1 aromatic heterocycles. The molecule has 8 atom stereocenters. The van der Waals surface area contributed by atoms with Crippen molar-refractivity contribution in [3.05, 3.63) is 47.0 Å². The Balaban J connectivity index is 1.71. The number of ketones is 1. The van der Waals surface area contributed by atoms with Gasteiger partial charge in [-0.3, -0.25) is 9.59 Å². The van der Waals surface area contributed by atoms with E-state index in [1.807, 2.05) is 20.8 Å². The van der Waals surface area contributed by atoms with Crippen LogP contribution in [0, 0.1) is 34.0 Å². The Morgan fingerprint density at radius 3 is 2.51 bits per heavy atom. The molecule has 41 heavy (non-hydrogen) atoms. The van der Waals surface area contributed by atoms with Crippen molar-refractivity contribution in [2.24, 2.45) is 34.0 Å². The summed E-state index contributed by atoms with van der Waals surface area (Å²) in [5.74, 6) is -3.83. The van der Waals surface area contributed by atoms with E-state index < -0.39 is 58.3 Å². The van der Waals surface area contributed by atoms with Crippen molar-refractivity contribution < 1.29 is 42.9 Å². The zero-order chi connectivity index (χ0) is 30.1.